The van der Waals surface area contributed by atoms with Crippen molar-refractivity contribution in [1.29, 1.82) is 0 Å². The molecule has 17 heavy (non-hydrogen) atoms. The molecule has 5 heteroatoms. The average Bonchev–Trinajstić information content (AvgIpc) is 2.72. The number of esters is 1. The van der Waals surface area contributed by atoms with Crippen LogP contribution >= 0.6 is 27.3 Å². The maximum atomic E-state index is 12.9. The summed E-state index contributed by atoms with van der Waals surface area (Å²) in [4.78, 5) is 12.2. The van der Waals surface area contributed by atoms with Gasteiger partial charge in [0, 0.05) is 4.47 Å². The second kappa shape index (κ2) is 5.42. The number of hydrogen-bond donors (Lipinski definition) is 0. The van der Waals surface area contributed by atoms with Gasteiger partial charge in [-0.25, -0.2) is 9.18 Å². The fraction of sp³-hybridized carbons (Fsp3) is 0.0833. The van der Waals surface area contributed by atoms with Gasteiger partial charge >= 0.3 is 5.97 Å². The van der Waals surface area contributed by atoms with Crippen molar-refractivity contribution in [1.82, 2.24) is 0 Å². The normalized spacial score (nSPS) is 10.2. The van der Waals surface area contributed by atoms with E-state index >= 15 is 0 Å². The first-order chi connectivity index (χ1) is 8.16. The summed E-state index contributed by atoms with van der Waals surface area (Å²) in [6.45, 7) is 0.0704. The molecular weight excluding hydrogens is 307 g/mol. The van der Waals surface area contributed by atoms with Crippen LogP contribution in [0.3, 0.4) is 0 Å². The highest BCUT2D eigenvalue weighted by Crippen LogP contribution is 2.23. The van der Waals surface area contributed by atoms with Gasteiger partial charge in [-0.05, 0) is 45.1 Å². The Bertz CT molecular complexity index is 539. The Morgan fingerprint density at radius 3 is 2.88 bits per heavy atom. The molecule has 2 nitrogen and oxygen atoms in total. The molecule has 1 aromatic heterocycles. The number of carbonyl (C=O) groups excluding carboxylic acids is 1. The minimum absolute atomic E-state index is 0.0704. The van der Waals surface area contributed by atoms with E-state index in [0.717, 1.165) is 0 Å². The first-order valence-corrected chi connectivity index (χ1v) is 6.48. The minimum atomic E-state index is -0.406. The smallest absolute Gasteiger partial charge is 0.349 e. The van der Waals surface area contributed by atoms with Gasteiger partial charge in [0.2, 0.25) is 0 Å². The molecule has 1 aromatic carbocycles. The van der Waals surface area contributed by atoms with Crippen molar-refractivity contribution in [3.8, 4) is 0 Å². The van der Waals surface area contributed by atoms with E-state index in [0.29, 0.717) is 14.9 Å². The topological polar surface area (TPSA) is 26.3 Å². The molecular formula is C12H8BrFO2S. The SMILES string of the molecule is O=C(OCc1cccc(F)c1)c1sccc1Br. The van der Waals surface area contributed by atoms with Crippen molar-refractivity contribution in [3.05, 3.63) is 56.4 Å². The summed E-state index contributed by atoms with van der Waals surface area (Å²) in [5.74, 6) is -0.744. The highest BCUT2D eigenvalue weighted by atomic mass is 79.9. The highest BCUT2D eigenvalue weighted by molar-refractivity contribution is 9.10. The molecule has 0 atom stereocenters. The van der Waals surface area contributed by atoms with E-state index in [2.05, 4.69) is 15.9 Å². The number of hydrogen-bond acceptors (Lipinski definition) is 3. The van der Waals surface area contributed by atoms with Crippen LogP contribution in [0.2, 0.25) is 0 Å². The third-order valence-electron chi connectivity index (χ3n) is 2.06. The Balaban J connectivity index is 1.99. The number of halogens is 2. The zero-order valence-corrected chi connectivity index (χ0v) is 11.1. The number of thiophene rings is 1. The van der Waals surface area contributed by atoms with Gasteiger partial charge in [0.25, 0.3) is 0 Å². The minimum Gasteiger partial charge on any atom is -0.457 e. The summed E-state index contributed by atoms with van der Waals surface area (Å²) in [6, 6.07) is 7.76. The van der Waals surface area contributed by atoms with Crippen molar-refractivity contribution >= 4 is 33.2 Å². The lowest BCUT2D eigenvalue weighted by atomic mass is 10.2. The van der Waals surface area contributed by atoms with E-state index < -0.39 is 5.97 Å². The summed E-state index contributed by atoms with van der Waals surface area (Å²) in [7, 11) is 0. The lowest BCUT2D eigenvalue weighted by Gasteiger charge is -2.03. The highest BCUT2D eigenvalue weighted by Gasteiger charge is 2.12. The van der Waals surface area contributed by atoms with Crippen molar-refractivity contribution < 1.29 is 13.9 Å². The molecule has 0 radical (unpaired) electrons. The van der Waals surface area contributed by atoms with Crippen LogP contribution in [-0.2, 0) is 11.3 Å². The Morgan fingerprint density at radius 2 is 2.24 bits per heavy atom. The predicted octanol–water partition coefficient (Wildman–Crippen LogP) is 4.01. The summed E-state index contributed by atoms with van der Waals surface area (Å²) in [5, 5.41) is 1.79. The molecule has 0 spiro atoms. The molecule has 0 amide bonds. The van der Waals surface area contributed by atoms with Gasteiger partial charge in [-0.3, -0.25) is 0 Å². The lowest BCUT2D eigenvalue weighted by Crippen LogP contribution is -2.03. The largest absolute Gasteiger partial charge is 0.457 e. The van der Waals surface area contributed by atoms with Crippen LogP contribution < -0.4 is 0 Å². The molecule has 0 bridgehead atoms. The molecule has 0 aliphatic heterocycles. The van der Waals surface area contributed by atoms with Gasteiger partial charge in [-0.1, -0.05) is 12.1 Å². The molecule has 2 rings (SSSR count). The van der Waals surface area contributed by atoms with Crippen molar-refractivity contribution in [2.45, 2.75) is 6.61 Å². The van der Waals surface area contributed by atoms with Crippen LogP contribution in [0.4, 0.5) is 4.39 Å². The lowest BCUT2D eigenvalue weighted by molar-refractivity contribution is 0.0477. The number of rotatable bonds is 3. The molecule has 0 saturated carbocycles. The summed E-state index contributed by atoms with van der Waals surface area (Å²) >= 11 is 4.55. The molecule has 0 fully saturated rings. The van der Waals surface area contributed by atoms with Gasteiger partial charge in [0.05, 0.1) is 0 Å². The van der Waals surface area contributed by atoms with Crippen LogP contribution in [0.5, 0.6) is 0 Å². The van der Waals surface area contributed by atoms with E-state index in [1.165, 1.54) is 23.5 Å². The van der Waals surface area contributed by atoms with E-state index in [-0.39, 0.29) is 12.4 Å². The summed E-state index contributed by atoms with van der Waals surface area (Å²) in [5.41, 5.74) is 0.631. The molecule has 0 aliphatic carbocycles. The van der Waals surface area contributed by atoms with Gasteiger partial charge in [-0.15, -0.1) is 11.3 Å². The molecule has 0 saturated heterocycles. The average molecular weight is 315 g/mol. The van der Waals surface area contributed by atoms with E-state index in [9.17, 15) is 9.18 Å². The zero-order chi connectivity index (χ0) is 12.3. The maximum absolute atomic E-state index is 12.9. The Hall–Kier alpha value is -1.20. The van der Waals surface area contributed by atoms with E-state index in [4.69, 9.17) is 4.74 Å². The molecule has 0 aliphatic rings. The monoisotopic (exact) mass is 314 g/mol. The second-order valence-electron chi connectivity index (χ2n) is 3.30. The van der Waals surface area contributed by atoms with Crippen LogP contribution in [0, 0.1) is 5.82 Å². The fourth-order valence-corrected chi connectivity index (χ4v) is 2.71. The Labute approximate surface area is 110 Å². The number of carbonyl (C=O) groups is 1. The van der Waals surface area contributed by atoms with Gasteiger partial charge in [0.1, 0.15) is 17.3 Å². The fourth-order valence-electron chi connectivity index (χ4n) is 1.28. The molecule has 1 heterocycles. The second-order valence-corrected chi connectivity index (χ2v) is 5.07. The number of benzene rings is 1. The standard InChI is InChI=1S/C12H8BrFO2S/c13-10-4-5-17-11(10)12(15)16-7-8-2-1-3-9(14)6-8/h1-6H,7H2. The van der Waals surface area contributed by atoms with Crippen molar-refractivity contribution in [2.24, 2.45) is 0 Å². The quantitative estimate of drug-likeness (QED) is 0.800. The predicted molar refractivity (Wildman–Crippen MR) is 67.5 cm³/mol. The third kappa shape index (κ3) is 3.14. The van der Waals surface area contributed by atoms with E-state index in [1.807, 2.05) is 0 Å². The molecule has 0 unspecified atom stereocenters. The van der Waals surface area contributed by atoms with Gasteiger partial charge in [0.15, 0.2) is 0 Å². The van der Waals surface area contributed by atoms with Crippen molar-refractivity contribution in [2.75, 3.05) is 0 Å². The first kappa shape index (κ1) is 12.3. The van der Waals surface area contributed by atoms with Gasteiger partial charge in [-0.2, -0.15) is 0 Å². The summed E-state index contributed by atoms with van der Waals surface area (Å²) in [6.07, 6.45) is 0. The number of ether oxygens (including phenoxy) is 1. The Kier molecular flexibility index (Phi) is 3.91. The van der Waals surface area contributed by atoms with Crippen LogP contribution in [0.15, 0.2) is 40.2 Å². The van der Waals surface area contributed by atoms with Crippen LogP contribution in [-0.4, -0.2) is 5.97 Å². The molecule has 0 N–H and O–H groups in total. The molecule has 88 valence electrons. The van der Waals surface area contributed by atoms with Gasteiger partial charge < -0.3 is 4.74 Å². The zero-order valence-electron chi connectivity index (χ0n) is 8.65. The molecule has 2 aromatic rings. The van der Waals surface area contributed by atoms with Crippen LogP contribution in [0.25, 0.3) is 0 Å². The van der Waals surface area contributed by atoms with Crippen LogP contribution in [0.1, 0.15) is 15.2 Å². The Morgan fingerprint density at radius 1 is 1.41 bits per heavy atom. The first-order valence-electron chi connectivity index (χ1n) is 4.81. The maximum Gasteiger partial charge on any atom is 0.349 e. The third-order valence-corrected chi connectivity index (χ3v) is 3.88. The van der Waals surface area contributed by atoms with E-state index in [1.54, 1.807) is 23.6 Å². The summed E-state index contributed by atoms with van der Waals surface area (Å²) < 4.78 is 18.7. The van der Waals surface area contributed by atoms with Crippen molar-refractivity contribution in [3.63, 3.8) is 0 Å².